The van der Waals surface area contributed by atoms with E-state index in [-0.39, 0.29) is 0 Å². The van der Waals surface area contributed by atoms with Crippen molar-refractivity contribution in [3.8, 4) is 0 Å². The average molecular weight is 206 g/mol. The van der Waals surface area contributed by atoms with Crippen LogP contribution in [0.15, 0.2) is 16.5 Å². The van der Waals surface area contributed by atoms with Crippen LogP contribution in [0.4, 0.5) is 5.82 Å². The van der Waals surface area contributed by atoms with Gasteiger partial charge in [0.05, 0.1) is 5.69 Å². The number of aromatic nitrogens is 3. The molecular weight excluding hydrogens is 192 g/mol. The van der Waals surface area contributed by atoms with Crippen LogP contribution in [0.3, 0.4) is 0 Å². The first-order valence-electron chi connectivity index (χ1n) is 4.94. The maximum atomic E-state index is 5.69. The summed E-state index contributed by atoms with van der Waals surface area (Å²) in [5.74, 6) is 2.27. The summed E-state index contributed by atoms with van der Waals surface area (Å²) in [6, 6.07) is 3.87. The Morgan fingerprint density at radius 1 is 1.47 bits per heavy atom. The predicted octanol–water partition coefficient (Wildman–Crippen LogP) is 1.37. The second kappa shape index (κ2) is 3.76. The van der Waals surface area contributed by atoms with E-state index >= 15 is 0 Å². The van der Waals surface area contributed by atoms with Gasteiger partial charge < -0.3 is 10.2 Å². The minimum atomic E-state index is 0.501. The number of nitrogens with two attached hydrogens (primary N) is 1. The molecule has 2 N–H and O–H groups in total. The number of hydrogen-bond donors (Lipinski definition) is 1. The van der Waals surface area contributed by atoms with Crippen LogP contribution in [0.2, 0.25) is 0 Å². The molecule has 2 aromatic rings. The molecule has 0 aliphatic rings. The number of furan rings is 1. The van der Waals surface area contributed by atoms with Gasteiger partial charge in [0.15, 0.2) is 5.82 Å². The molecule has 0 aliphatic heterocycles. The molecule has 2 rings (SSSR count). The normalized spacial score (nSPS) is 10.8. The smallest absolute Gasteiger partial charge is 0.169 e. The zero-order valence-electron chi connectivity index (χ0n) is 8.90. The third kappa shape index (κ3) is 1.86. The Morgan fingerprint density at radius 2 is 2.27 bits per heavy atom. The van der Waals surface area contributed by atoms with Crippen LogP contribution in [-0.2, 0) is 13.0 Å². The van der Waals surface area contributed by atoms with Gasteiger partial charge in [0.1, 0.15) is 18.1 Å². The first-order chi connectivity index (χ1) is 7.20. The van der Waals surface area contributed by atoms with Gasteiger partial charge in [0.25, 0.3) is 0 Å². The van der Waals surface area contributed by atoms with Crippen molar-refractivity contribution in [3.05, 3.63) is 29.3 Å². The fourth-order valence-corrected chi connectivity index (χ4v) is 1.55. The maximum Gasteiger partial charge on any atom is 0.169 e. The highest BCUT2D eigenvalue weighted by molar-refractivity contribution is 5.32. The molecule has 5 heteroatoms. The Labute approximate surface area is 87.9 Å². The van der Waals surface area contributed by atoms with Gasteiger partial charge in [-0.05, 0) is 25.5 Å². The van der Waals surface area contributed by atoms with Crippen LogP contribution >= 0.6 is 0 Å². The Kier molecular flexibility index (Phi) is 2.45. The van der Waals surface area contributed by atoms with Crippen molar-refractivity contribution in [2.24, 2.45) is 0 Å². The second-order valence-corrected chi connectivity index (χ2v) is 3.44. The summed E-state index contributed by atoms with van der Waals surface area (Å²) in [6.07, 6.45) is 0.818. The fourth-order valence-electron chi connectivity index (χ4n) is 1.55. The molecule has 0 fully saturated rings. The van der Waals surface area contributed by atoms with Gasteiger partial charge in [-0.3, -0.25) is 0 Å². The van der Waals surface area contributed by atoms with Crippen molar-refractivity contribution in [2.45, 2.75) is 26.8 Å². The molecule has 2 aromatic heterocycles. The van der Waals surface area contributed by atoms with E-state index < -0.39 is 0 Å². The van der Waals surface area contributed by atoms with Crippen LogP contribution in [0.25, 0.3) is 0 Å². The van der Waals surface area contributed by atoms with Crippen molar-refractivity contribution < 1.29 is 4.42 Å². The van der Waals surface area contributed by atoms with Gasteiger partial charge in [-0.2, -0.15) is 0 Å². The molecule has 0 saturated heterocycles. The number of nitrogens with zero attached hydrogens (tertiary/aromatic N) is 3. The van der Waals surface area contributed by atoms with Crippen LogP contribution in [0, 0.1) is 6.92 Å². The lowest BCUT2D eigenvalue weighted by Gasteiger charge is -2.01. The highest BCUT2D eigenvalue weighted by atomic mass is 16.3. The van der Waals surface area contributed by atoms with Gasteiger partial charge in [-0.15, -0.1) is 5.10 Å². The van der Waals surface area contributed by atoms with Crippen LogP contribution in [-0.4, -0.2) is 15.0 Å². The van der Waals surface area contributed by atoms with E-state index in [9.17, 15) is 0 Å². The summed E-state index contributed by atoms with van der Waals surface area (Å²) < 4.78 is 7.24. The molecule has 80 valence electrons. The molecule has 2 heterocycles. The molecule has 5 nitrogen and oxygen atoms in total. The minimum absolute atomic E-state index is 0.501. The molecule has 0 unspecified atom stereocenters. The first kappa shape index (κ1) is 9.76. The van der Waals surface area contributed by atoms with Gasteiger partial charge in [0.2, 0.25) is 0 Å². The fraction of sp³-hybridized carbons (Fsp3) is 0.400. The third-order valence-corrected chi connectivity index (χ3v) is 2.30. The van der Waals surface area contributed by atoms with E-state index in [0.29, 0.717) is 12.4 Å². The molecule has 0 spiro atoms. The number of rotatable bonds is 3. The summed E-state index contributed by atoms with van der Waals surface area (Å²) in [7, 11) is 0. The summed E-state index contributed by atoms with van der Waals surface area (Å²) in [6.45, 7) is 4.53. The molecular formula is C10H14N4O. The van der Waals surface area contributed by atoms with Crippen LogP contribution in [0.1, 0.15) is 24.1 Å². The SMILES string of the molecule is CCc1c(N)nnn1Cc1ccc(C)o1. The lowest BCUT2D eigenvalue weighted by Crippen LogP contribution is -2.06. The van der Waals surface area contributed by atoms with E-state index in [2.05, 4.69) is 10.3 Å². The second-order valence-electron chi connectivity index (χ2n) is 3.44. The summed E-state index contributed by atoms with van der Waals surface area (Å²) in [5.41, 5.74) is 6.63. The van der Waals surface area contributed by atoms with Gasteiger partial charge in [0, 0.05) is 0 Å². The lowest BCUT2D eigenvalue weighted by molar-refractivity contribution is 0.451. The van der Waals surface area contributed by atoms with Crippen molar-refractivity contribution in [2.75, 3.05) is 5.73 Å². The van der Waals surface area contributed by atoms with Crippen LogP contribution < -0.4 is 5.73 Å². The lowest BCUT2D eigenvalue weighted by atomic mass is 10.3. The number of aryl methyl sites for hydroxylation is 1. The maximum absolute atomic E-state index is 5.69. The standard InChI is InChI=1S/C10H14N4O/c1-3-9-10(11)12-13-14(9)6-8-5-4-7(2)15-8/h4-5H,3,6,11H2,1-2H3. The number of anilines is 1. The molecule has 0 aliphatic carbocycles. The first-order valence-corrected chi connectivity index (χ1v) is 4.94. The van der Waals surface area contributed by atoms with E-state index in [1.165, 1.54) is 0 Å². The highest BCUT2D eigenvalue weighted by Gasteiger charge is 2.09. The third-order valence-electron chi connectivity index (χ3n) is 2.30. The number of nitrogen functional groups attached to an aromatic ring is 1. The minimum Gasteiger partial charge on any atom is -0.464 e. The molecule has 0 atom stereocenters. The van der Waals surface area contributed by atoms with E-state index in [1.807, 2.05) is 26.0 Å². The summed E-state index contributed by atoms with van der Waals surface area (Å²) >= 11 is 0. The number of hydrogen-bond acceptors (Lipinski definition) is 4. The van der Waals surface area contributed by atoms with E-state index in [0.717, 1.165) is 23.6 Å². The Hall–Kier alpha value is -1.78. The van der Waals surface area contributed by atoms with Gasteiger partial charge >= 0.3 is 0 Å². The van der Waals surface area contributed by atoms with Crippen molar-refractivity contribution in [1.82, 2.24) is 15.0 Å². The summed E-state index contributed by atoms with van der Waals surface area (Å²) in [5, 5.41) is 7.81. The van der Waals surface area contributed by atoms with Crippen molar-refractivity contribution in [1.29, 1.82) is 0 Å². The molecule has 0 radical (unpaired) electrons. The Balaban J connectivity index is 2.24. The van der Waals surface area contributed by atoms with E-state index in [4.69, 9.17) is 10.2 Å². The quantitative estimate of drug-likeness (QED) is 0.823. The highest BCUT2D eigenvalue weighted by Crippen LogP contribution is 2.12. The van der Waals surface area contributed by atoms with Crippen molar-refractivity contribution >= 4 is 5.82 Å². The predicted molar refractivity (Wildman–Crippen MR) is 56.4 cm³/mol. The molecule has 0 aromatic carbocycles. The van der Waals surface area contributed by atoms with Gasteiger partial charge in [-0.25, -0.2) is 4.68 Å². The molecule has 15 heavy (non-hydrogen) atoms. The van der Waals surface area contributed by atoms with E-state index in [1.54, 1.807) is 4.68 Å². The monoisotopic (exact) mass is 206 g/mol. The summed E-state index contributed by atoms with van der Waals surface area (Å²) in [4.78, 5) is 0. The molecule has 0 saturated carbocycles. The zero-order chi connectivity index (χ0) is 10.8. The van der Waals surface area contributed by atoms with Gasteiger partial charge in [-0.1, -0.05) is 12.1 Å². The zero-order valence-corrected chi connectivity index (χ0v) is 8.90. The largest absolute Gasteiger partial charge is 0.464 e. The Morgan fingerprint density at radius 3 is 2.87 bits per heavy atom. The topological polar surface area (TPSA) is 69.9 Å². The van der Waals surface area contributed by atoms with Crippen LogP contribution in [0.5, 0.6) is 0 Å². The average Bonchev–Trinajstić information content (AvgIpc) is 2.75. The Bertz CT molecular complexity index is 458. The molecule has 0 bridgehead atoms. The van der Waals surface area contributed by atoms with Crippen molar-refractivity contribution in [3.63, 3.8) is 0 Å². The molecule has 0 amide bonds.